The van der Waals surface area contributed by atoms with Crippen LogP contribution in [-0.2, 0) is 9.59 Å². The molecule has 0 aliphatic heterocycles. The van der Waals surface area contributed by atoms with Gasteiger partial charge in [0.25, 0.3) is 0 Å². The Balaban J connectivity index is 2.08. The minimum Gasteiger partial charge on any atom is -0.495 e. The molecule has 0 unspecified atom stereocenters. The summed E-state index contributed by atoms with van der Waals surface area (Å²) in [6.45, 7) is 2.14. The first-order chi connectivity index (χ1) is 15.4. The number of carbonyl (C=O) groups excluding carboxylic acids is 2. The Morgan fingerprint density at radius 1 is 1.12 bits per heavy atom. The molecule has 32 heavy (non-hydrogen) atoms. The summed E-state index contributed by atoms with van der Waals surface area (Å²) in [4.78, 5) is 28.1. The van der Waals surface area contributed by atoms with E-state index in [1.807, 2.05) is 0 Å². The Kier molecular flexibility index (Phi) is 8.69. The van der Waals surface area contributed by atoms with Gasteiger partial charge in [-0.1, -0.05) is 61.2 Å². The molecule has 0 spiro atoms. The molecular weight excluding hydrogens is 471 g/mol. The molecule has 2 aromatic carbocycles. The summed E-state index contributed by atoms with van der Waals surface area (Å²) >= 11 is 18.8. The van der Waals surface area contributed by atoms with Crippen molar-refractivity contribution in [1.29, 1.82) is 0 Å². The molecule has 0 saturated heterocycles. The average molecular weight is 498 g/mol. The van der Waals surface area contributed by atoms with Crippen molar-refractivity contribution in [2.45, 2.75) is 44.7 Å². The summed E-state index contributed by atoms with van der Waals surface area (Å²) in [5.74, 6) is -0.236. The van der Waals surface area contributed by atoms with Gasteiger partial charge < -0.3 is 10.1 Å². The fourth-order valence-corrected chi connectivity index (χ4v) is 4.81. The molecule has 0 heterocycles. The van der Waals surface area contributed by atoms with E-state index in [0.717, 1.165) is 25.7 Å². The molecule has 1 aliphatic carbocycles. The molecule has 1 fully saturated rings. The number of hydrogen-bond acceptors (Lipinski definition) is 3. The number of nitrogens with zero attached hydrogens (tertiary/aromatic N) is 1. The number of ether oxygens (including phenoxy) is 1. The second-order valence-corrected chi connectivity index (χ2v) is 9.10. The van der Waals surface area contributed by atoms with Gasteiger partial charge in [0.15, 0.2) is 0 Å². The summed E-state index contributed by atoms with van der Waals surface area (Å²) in [6.07, 6.45) is 4.17. The highest BCUT2D eigenvalue weighted by molar-refractivity contribution is 6.33. The van der Waals surface area contributed by atoms with Gasteiger partial charge in [0.1, 0.15) is 17.7 Å². The number of benzene rings is 2. The van der Waals surface area contributed by atoms with Crippen LogP contribution in [0.2, 0.25) is 10.0 Å². The van der Waals surface area contributed by atoms with Gasteiger partial charge in [-0.3, -0.25) is 14.5 Å². The fourth-order valence-electron chi connectivity index (χ4n) is 4.19. The lowest BCUT2D eigenvalue weighted by Gasteiger charge is -2.35. The molecule has 3 rings (SSSR count). The van der Waals surface area contributed by atoms with Gasteiger partial charge >= 0.3 is 0 Å². The first-order valence-corrected chi connectivity index (χ1v) is 11.9. The standard InChI is InChI=1S/C24H27Cl3N2O3/c1-15-7-3-6-10-20(15)28-24(31)23(17-8-4-5-9-18(17)26)29(22(30)14-25)16-11-12-21(32-2)19(27)13-16/h4-5,8-9,11-13,15,20,23H,3,6-7,10,14H2,1-2H3,(H,28,31)/t15-,20+,23+/m1/s1. The van der Waals surface area contributed by atoms with Crippen molar-refractivity contribution in [3.8, 4) is 5.75 Å². The number of rotatable bonds is 7. The SMILES string of the molecule is COc1ccc(N(C(=O)CCl)[C@H](C(=O)N[C@H]2CCCC[C@H]2C)c2ccccc2Cl)cc1Cl. The van der Waals surface area contributed by atoms with Gasteiger partial charge in [-0.15, -0.1) is 11.6 Å². The monoisotopic (exact) mass is 496 g/mol. The maximum atomic E-state index is 13.7. The van der Waals surface area contributed by atoms with Crippen LogP contribution >= 0.6 is 34.8 Å². The second-order valence-electron chi connectivity index (χ2n) is 8.02. The Labute approximate surface area is 204 Å². The maximum absolute atomic E-state index is 13.7. The normalized spacial score (nSPS) is 19.2. The van der Waals surface area contributed by atoms with Gasteiger partial charge in [-0.25, -0.2) is 0 Å². The lowest BCUT2D eigenvalue weighted by atomic mass is 9.85. The number of hydrogen-bond donors (Lipinski definition) is 1. The van der Waals surface area contributed by atoms with E-state index < -0.39 is 11.9 Å². The molecule has 172 valence electrons. The summed E-state index contributed by atoms with van der Waals surface area (Å²) < 4.78 is 5.23. The zero-order valence-corrected chi connectivity index (χ0v) is 20.4. The topological polar surface area (TPSA) is 58.6 Å². The zero-order chi connectivity index (χ0) is 23.3. The van der Waals surface area contributed by atoms with Crippen LogP contribution in [0.4, 0.5) is 5.69 Å². The fraction of sp³-hybridized carbons (Fsp3) is 0.417. The molecule has 8 heteroatoms. The predicted molar refractivity (Wildman–Crippen MR) is 130 cm³/mol. The number of anilines is 1. The molecule has 0 radical (unpaired) electrons. The summed E-state index contributed by atoms with van der Waals surface area (Å²) in [5.41, 5.74) is 0.943. The van der Waals surface area contributed by atoms with Gasteiger partial charge in [0.2, 0.25) is 11.8 Å². The van der Waals surface area contributed by atoms with Crippen molar-refractivity contribution in [2.75, 3.05) is 17.9 Å². The van der Waals surface area contributed by atoms with Crippen LogP contribution in [0.15, 0.2) is 42.5 Å². The van der Waals surface area contributed by atoms with Crippen molar-refractivity contribution in [1.82, 2.24) is 5.32 Å². The van der Waals surface area contributed by atoms with E-state index in [1.165, 1.54) is 12.0 Å². The summed E-state index contributed by atoms with van der Waals surface area (Å²) in [6, 6.07) is 11.0. The molecule has 0 bridgehead atoms. The van der Waals surface area contributed by atoms with Crippen molar-refractivity contribution >= 4 is 52.3 Å². The third-order valence-corrected chi connectivity index (χ3v) is 6.81. The van der Waals surface area contributed by atoms with Crippen molar-refractivity contribution in [2.24, 2.45) is 5.92 Å². The van der Waals surface area contributed by atoms with Crippen molar-refractivity contribution < 1.29 is 14.3 Å². The zero-order valence-electron chi connectivity index (χ0n) is 18.1. The van der Waals surface area contributed by atoms with E-state index in [9.17, 15) is 9.59 Å². The molecule has 2 amide bonds. The highest BCUT2D eigenvalue weighted by atomic mass is 35.5. The molecule has 2 aromatic rings. The van der Waals surface area contributed by atoms with Crippen LogP contribution in [0.5, 0.6) is 5.75 Å². The van der Waals surface area contributed by atoms with Crippen LogP contribution in [0.1, 0.15) is 44.2 Å². The maximum Gasteiger partial charge on any atom is 0.248 e. The summed E-state index contributed by atoms with van der Waals surface area (Å²) in [7, 11) is 1.51. The van der Waals surface area contributed by atoms with Crippen molar-refractivity contribution in [3.05, 3.63) is 58.1 Å². The van der Waals surface area contributed by atoms with E-state index in [2.05, 4.69) is 12.2 Å². The lowest BCUT2D eigenvalue weighted by molar-refractivity contribution is -0.126. The third kappa shape index (κ3) is 5.51. The van der Waals surface area contributed by atoms with Crippen molar-refractivity contribution in [3.63, 3.8) is 0 Å². The number of nitrogens with one attached hydrogen (secondary N) is 1. The van der Waals surface area contributed by atoms with Gasteiger partial charge in [-0.2, -0.15) is 0 Å². The van der Waals surface area contributed by atoms with Gasteiger partial charge in [0.05, 0.1) is 12.1 Å². The first-order valence-electron chi connectivity index (χ1n) is 10.6. The minimum absolute atomic E-state index is 0.0358. The number of alkyl halides is 1. The third-order valence-electron chi connectivity index (χ3n) is 5.94. The van der Waals surface area contributed by atoms with Crippen LogP contribution in [-0.4, -0.2) is 30.8 Å². The molecule has 5 nitrogen and oxygen atoms in total. The number of methoxy groups -OCH3 is 1. The Morgan fingerprint density at radius 3 is 2.47 bits per heavy atom. The Morgan fingerprint density at radius 2 is 1.84 bits per heavy atom. The molecule has 1 aliphatic rings. The number of amides is 2. The predicted octanol–water partition coefficient (Wildman–Crippen LogP) is 6.01. The minimum atomic E-state index is -1.01. The molecule has 1 N–H and O–H groups in total. The van der Waals surface area contributed by atoms with Crippen LogP contribution in [0, 0.1) is 5.92 Å². The molecular formula is C24H27Cl3N2O3. The first kappa shape index (κ1) is 24.7. The van der Waals surface area contributed by atoms with E-state index >= 15 is 0 Å². The van der Waals surface area contributed by atoms with E-state index in [-0.39, 0.29) is 17.8 Å². The van der Waals surface area contributed by atoms with E-state index in [1.54, 1.807) is 42.5 Å². The lowest BCUT2D eigenvalue weighted by Crippen LogP contribution is -2.49. The average Bonchev–Trinajstić information content (AvgIpc) is 2.79. The smallest absolute Gasteiger partial charge is 0.248 e. The quantitative estimate of drug-likeness (QED) is 0.477. The highest BCUT2D eigenvalue weighted by Gasteiger charge is 2.36. The largest absolute Gasteiger partial charge is 0.495 e. The van der Waals surface area contributed by atoms with Crippen LogP contribution in [0.25, 0.3) is 0 Å². The van der Waals surface area contributed by atoms with E-state index in [4.69, 9.17) is 39.5 Å². The molecule has 3 atom stereocenters. The molecule has 1 saturated carbocycles. The molecule has 0 aromatic heterocycles. The Bertz CT molecular complexity index is 969. The summed E-state index contributed by atoms with van der Waals surface area (Å²) in [5, 5.41) is 3.87. The van der Waals surface area contributed by atoms with Crippen LogP contribution < -0.4 is 15.0 Å². The van der Waals surface area contributed by atoms with E-state index in [0.29, 0.717) is 33.0 Å². The number of carbonyl (C=O) groups is 2. The number of halogens is 3. The second kappa shape index (κ2) is 11.3. The van der Waals surface area contributed by atoms with Gasteiger partial charge in [0, 0.05) is 22.3 Å². The van der Waals surface area contributed by atoms with Gasteiger partial charge in [-0.05, 0) is 43.0 Å². The van der Waals surface area contributed by atoms with Crippen LogP contribution in [0.3, 0.4) is 0 Å². The highest BCUT2D eigenvalue weighted by Crippen LogP contribution is 2.36. The Hall–Kier alpha value is -1.95.